The summed E-state index contributed by atoms with van der Waals surface area (Å²) in [5.74, 6) is 0.588. The first-order valence-corrected chi connectivity index (χ1v) is 6.87. The number of nitrogens with zero attached hydrogens (tertiary/aromatic N) is 1. The third-order valence-electron chi connectivity index (χ3n) is 3.49. The minimum absolute atomic E-state index is 0.104. The lowest BCUT2D eigenvalue weighted by molar-refractivity contribution is -0.0498. The standard InChI is InChI=1S/C15H18F2N2O2/c1-3-9(4-2)13-12(14(18)21-19-13)10-5-7-11(8-6-10)20-15(16)17/h5-9,15H,3-4,18H2,1-2H3. The smallest absolute Gasteiger partial charge is 0.387 e. The fourth-order valence-electron chi connectivity index (χ4n) is 2.36. The summed E-state index contributed by atoms with van der Waals surface area (Å²) in [7, 11) is 0. The minimum atomic E-state index is -2.84. The van der Waals surface area contributed by atoms with E-state index in [0.29, 0.717) is 0 Å². The van der Waals surface area contributed by atoms with Gasteiger partial charge in [-0.15, -0.1) is 0 Å². The van der Waals surface area contributed by atoms with Crippen LogP contribution in [0.3, 0.4) is 0 Å². The number of benzene rings is 1. The molecule has 114 valence electrons. The van der Waals surface area contributed by atoms with Crippen LogP contribution in [-0.4, -0.2) is 11.8 Å². The lowest BCUT2D eigenvalue weighted by Gasteiger charge is -2.11. The number of anilines is 1. The van der Waals surface area contributed by atoms with Crippen molar-refractivity contribution in [3.05, 3.63) is 30.0 Å². The first kappa shape index (κ1) is 15.3. The molecule has 1 aromatic carbocycles. The summed E-state index contributed by atoms with van der Waals surface area (Å²) in [6, 6.07) is 6.30. The van der Waals surface area contributed by atoms with Gasteiger partial charge in [-0.3, -0.25) is 0 Å². The highest BCUT2D eigenvalue weighted by molar-refractivity contribution is 5.75. The van der Waals surface area contributed by atoms with Crippen LogP contribution in [0.2, 0.25) is 0 Å². The number of hydrogen-bond donors (Lipinski definition) is 1. The predicted molar refractivity (Wildman–Crippen MR) is 76.3 cm³/mol. The molecule has 0 bridgehead atoms. The quantitative estimate of drug-likeness (QED) is 0.856. The molecule has 0 spiro atoms. The minimum Gasteiger partial charge on any atom is -0.435 e. The summed E-state index contributed by atoms with van der Waals surface area (Å²) in [4.78, 5) is 0. The molecule has 21 heavy (non-hydrogen) atoms. The van der Waals surface area contributed by atoms with Gasteiger partial charge in [0.05, 0.1) is 11.3 Å². The maximum Gasteiger partial charge on any atom is 0.387 e. The van der Waals surface area contributed by atoms with E-state index in [-0.39, 0.29) is 17.6 Å². The SMILES string of the molecule is CCC(CC)c1noc(N)c1-c1ccc(OC(F)F)cc1. The van der Waals surface area contributed by atoms with E-state index in [1.54, 1.807) is 12.1 Å². The molecule has 0 saturated heterocycles. The van der Waals surface area contributed by atoms with Crippen molar-refractivity contribution in [1.82, 2.24) is 5.16 Å². The van der Waals surface area contributed by atoms with Gasteiger partial charge in [-0.05, 0) is 30.5 Å². The number of rotatable bonds is 6. The molecule has 0 amide bonds. The van der Waals surface area contributed by atoms with Gasteiger partial charge in [-0.1, -0.05) is 31.1 Å². The zero-order chi connectivity index (χ0) is 15.4. The molecule has 0 atom stereocenters. The Kier molecular flexibility index (Phi) is 4.77. The van der Waals surface area contributed by atoms with Gasteiger partial charge in [0.25, 0.3) is 0 Å². The maximum absolute atomic E-state index is 12.2. The molecule has 1 aromatic heterocycles. The summed E-state index contributed by atoms with van der Waals surface area (Å²) < 4.78 is 33.7. The Morgan fingerprint density at radius 1 is 1.19 bits per heavy atom. The summed E-state index contributed by atoms with van der Waals surface area (Å²) in [5, 5.41) is 4.05. The van der Waals surface area contributed by atoms with Crippen molar-refractivity contribution >= 4 is 5.88 Å². The Bertz CT molecular complexity index is 578. The van der Waals surface area contributed by atoms with Gasteiger partial charge < -0.3 is 15.0 Å². The Labute approximate surface area is 121 Å². The zero-order valence-corrected chi connectivity index (χ0v) is 12.0. The van der Waals surface area contributed by atoms with Gasteiger partial charge in [-0.25, -0.2) is 0 Å². The highest BCUT2D eigenvalue weighted by Gasteiger charge is 2.21. The first-order chi connectivity index (χ1) is 10.1. The van der Waals surface area contributed by atoms with E-state index in [0.717, 1.165) is 29.7 Å². The van der Waals surface area contributed by atoms with Crippen LogP contribution >= 0.6 is 0 Å². The van der Waals surface area contributed by atoms with E-state index in [4.69, 9.17) is 10.3 Å². The van der Waals surface area contributed by atoms with Crippen LogP contribution in [0, 0.1) is 0 Å². The largest absolute Gasteiger partial charge is 0.435 e. The molecular formula is C15H18F2N2O2. The van der Waals surface area contributed by atoms with E-state index in [2.05, 4.69) is 23.7 Å². The Morgan fingerprint density at radius 3 is 2.33 bits per heavy atom. The summed E-state index contributed by atoms with van der Waals surface area (Å²) in [6.07, 6.45) is 1.84. The molecule has 2 aromatic rings. The topological polar surface area (TPSA) is 61.3 Å². The number of nitrogen functional groups attached to an aromatic ring is 1. The molecule has 0 saturated carbocycles. The Morgan fingerprint density at radius 2 is 1.81 bits per heavy atom. The fourth-order valence-corrected chi connectivity index (χ4v) is 2.36. The molecule has 0 aliphatic rings. The van der Waals surface area contributed by atoms with Gasteiger partial charge in [-0.2, -0.15) is 8.78 Å². The highest BCUT2D eigenvalue weighted by atomic mass is 19.3. The van der Waals surface area contributed by atoms with E-state index < -0.39 is 6.61 Å². The summed E-state index contributed by atoms with van der Waals surface area (Å²) in [5.41, 5.74) is 8.17. The molecule has 1 heterocycles. The molecule has 0 unspecified atom stereocenters. The summed E-state index contributed by atoms with van der Waals surface area (Å²) in [6.45, 7) is 1.31. The van der Waals surface area contributed by atoms with Crippen LogP contribution in [0.15, 0.2) is 28.8 Å². The van der Waals surface area contributed by atoms with Gasteiger partial charge >= 0.3 is 6.61 Å². The predicted octanol–water partition coefficient (Wildman–Crippen LogP) is 4.43. The molecule has 2 N–H and O–H groups in total. The molecule has 0 fully saturated rings. The molecule has 0 radical (unpaired) electrons. The fraction of sp³-hybridized carbons (Fsp3) is 0.400. The second-order valence-electron chi connectivity index (χ2n) is 4.72. The molecule has 6 heteroatoms. The van der Waals surface area contributed by atoms with Crippen molar-refractivity contribution in [3.63, 3.8) is 0 Å². The van der Waals surface area contributed by atoms with Gasteiger partial charge in [0.15, 0.2) is 0 Å². The van der Waals surface area contributed by atoms with Crippen LogP contribution in [0.25, 0.3) is 11.1 Å². The zero-order valence-electron chi connectivity index (χ0n) is 12.0. The lowest BCUT2D eigenvalue weighted by Crippen LogP contribution is -2.02. The third kappa shape index (κ3) is 3.32. The Hall–Kier alpha value is -2.11. The maximum atomic E-state index is 12.2. The highest BCUT2D eigenvalue weighted by Crippen LogP contribution is 2.37. The van der Waals surface area contributed by atoms with Gasteiger partial charge in [0.1, 0.15) is 5.75 Å². The number of aromatic nitrogens is 1. The van der Waals surface area contributed by atoms with Crippen LogP contribution < -0.4 is 10.5 Å². The first-order valence-electron chi connectivity index (χ1n) is 6.87. The van der Waals surface area contributed by atoms with E-state index >= 15 is 0 Å². The average Bonchev–Trinajstić information content (AvgIpc) is 2.83. The average molecular weight is 296 g/mol. The second kappa shape index (κ2) is 6.56. The van der Waals surface area contributed by atoms with Crippen molar-refractivity contribution in [2.24, 2.45) is 0 Å². The van der Waals surface area contributed by atoms with Crippen molar-refractivity contribution in [2.75, 3.05) is 5.73 Å². The van der Waals surface area contributed by atoms with Crippen LogP contribution in [-0.2, 0) is 0 Å². The third-order valence-corrected chi connectivity index (χ3v) is 3.49. The van der Waals surface area contributed by atoms with Gasteiger partial charge in [0, 0.05) is 5.92 Å². The van der Waals surface area contributed by atoms with E-state index in [1.165, 1.54) is 12.1 Å². The number of alkyl halides is 2. The number of halogens is 2. The molecule has 0 aliphatic heterocycles. The van der Waals surface area contributed by atoms with Gasteiger partial charge in [0.2, 0.25) is 5.88 Å². The molecule has 4 nitrogen and oxygen atoms in total. The monoisotopic (exact) mass is 296 g/mol. The summed E-state index contributed by atoms with van der Waals surface area (Å²) >= 11 is 0. The second-order valence-corrected chi connectivity index (χ2v) is 4.72. The van der Waals surface area contributed by atoms with E-state index in [1.807, 2.05) is 0 Å². The van der Waals surface area contributed by atoms with Crippen molar-refractivity contribution in [1.29, 1.82) is 0 Å². The van der Waals surface area contributed by atoms with Crippen LogP contribution in [0.1, 0.15) is 38.3 Å². The van der Waals surface area contributed by atoms with E-state index in [9.17, 15) is 8.78 Å². The number of ether oxygens (including phenoxy) is 1. The van der Waals surface area contributed by atoms with Crippen molar-refractivity contribution in [3.8, 4) is 16.9 Å². The van der Waals surface area contributed by atoms with Crippen LogP contribution in [0.4, 0.5) is 14.7 Å². The van der Waals surface area contributed by atoms with Crippen molar-refractivity contribution in [2.45, 2.75) is 39.2 Å². The molecule has 0 aliphatic carbocycles. The lowest BCUT2D eigenvalue weighted by atomic mass is 9.93. The normalized spacial score (nSPS) is 11.3. The van der Waals surface area contributed by atoms with Crippen molar-refractivity contribution < 1.29 is 18.0 Å². The van der Waals surface area contributed by atoms with Crippen LogP contribution in [0.5, 0.6) is 5.75 Å². The molecular weight excluding hydrogens is 278 g/mol. The molecule has 2 rings (SSSR count). The number of hydrogen-bond acceptors (Lipinski definition) is 4. The Balaban J connectivity index is 2.35. The number of nitrogens with two attached hydrogens (primary N) is 1.